The van der Waals surface area contributed by atoms with Gasteiger partial charge in [-0.2, -0.15) is 0 Å². The number of nitrogens with one attached hydrogen (secondary N) is 1. The molecule has 0 unspecified atom stereocenters. The number of carbonyl (C=O) groups excluding carboxylic acids is 1. The van der Waals surface area contributed by atoms with Crippen LogP contribution in [-0.4, -0.2) is 17.0 Å². The molecule has 0 aliphatic carbocycles. The van der Waals surface area contributed by atoms with Crippen LogP contribution < -0.4 is 10.1 Å². The number of aromatic nitrogens is 1. The zero-order valence-electron chi connectivity index (χ0n) is 14.7. The highest BCUT2D eigenvalue weighted by Gasteiger charge is 2.11. The number of nitrogens with zero attached hydrogens (tertiary/aromatic N) is 1. The molecule has 1 aromatic heterocycles. The molecule has 0 fully saturated rings. The van der Waals surface area contributed by atoms with Crippen LogP contribution in [0.15, 0.2) is 54.6 Å². The van der Waals surface area contributed by atoms with Crippen LogP contribution in [0.5, 0.6) is 5.75 Å². The third-order valence-electron chi connectivity index (χ3n) is 4.13. The van der Waals surface area contributed by atoms with E-state index >= 15 is 0 Å². The molecule has 25 heavy (non-hydrogen) atoms. The number of rotatable bonds is 5. The van der Waals surface area contributed by atoms with E-state index in [9.17, 15) is 4.79 Å². The molecule has 1 heterocycles. The fourth-order valence-electron chi connectivity index (χ4n) is 2.59. The van der Waals surface area contributed by atoms with Gasteiger partial charge in [0.05, 0.1) is 17.3 Å². The van der Waals surface area contributed by atoms with Gasteiger partial charge in [0.25, 0.3) is 5.91 Å². The van der Waals surface area contributed by atoms with E-state index in [1.165, 1.54) is 0 Å². The Kier molecular flexibility index (Phi) is 4.98. The summed E-state index contributed by atoms with van der Waals surface area (Å²) >= 11 is 0. The monoisotopic (exact) mass is 334 g/mol. The second-order valence-electron chi connectivity index (χ2n) is 6.14. The molecular formula is C21H22N2O2. The number of fused-ring (bicyclic) bond motifs is 1. The summed E-state index contributed by atoms with van der Waals surface area (Å²) in [5.41, 5.74) is 3.14. The second kappa shape index (κ2) is 7.34. The predicted octanol–water partition coefficient (Wildman–Crippen LogP) is 4.97. The summed E-state index contributed by atoms with van der Waals surface area (Å²) in [4.78, 5) is 17.1. The summed E-state index contributed by atoms with van der Waals surface area (Å²) in [6.07, 6.45) is 1.03. The molecule has 0 aliphatic heterocycles. The fraction of sp³-hybridized carbons (Fsp3) is 0.238. The van der Waals surface area contributed by atoms with Gasteiger partial charge in [-0.15, -0.1) is 0 Å². The maximum Gasteiger partial charge on any atom is 0.255 e. The first-order valence-electron chi connectivity index (χ1n) is 8.51. The topological polar surface area (TPSA) is 51.2 Å². The van der Waals surface area contributed by atoms with Gasteiger partial charge in [-0.3, -0.25) is 9.78 Å². The van der Waals surface area contributed by atoms with Crippen LogP contribution in [0.3, 0.4) is 0 Å². The van der Waals surface area contributed by atoms with Crippen molar-refractivity contribution in [3.05, 3.63) is 65.9 Å². The lowest BCUT2D eigenvalue weighted by Crippen LogP contribution is -2.14. The predicted molar refractivity (Wildman–Crippen MR) is 101 cm³/mol. The normalized spacial score (nSPS) is 12.0. The summed E-state index contributed by atoms with van der Waals surface area (Å²) < 4.78 is 5.80. The maximum absolute atomic E-state index is 12.6. The zero-order valence-corrected chi connectivity index (χ0v) is 14.7. The molecule has 128 valence electrons. The second-order valence-corrected chi connectivity index (χ2v) is 6.14. The first-order valence-corrected chi connectivity index (χ1v) is 8.51. The molecule has 4 nitrogen and oxygen atoms in total. The molecule has 0 saturated heterocycles. The Balaban J connectivity index is 1.84. The van der Waals surface area contributed by atoms with E-state index in [4.69, 9.17) is 4.74 Å². The van der Waals surface area contributed by atoms with E-state index in [1.807, 2.05) is 56.3 Å². The number of anilines is 1. The number of hydrogen-bond donors (Lipinski definition) is 1. The highest BCUT2D eigenvalue weighted by Crippen LogP contribution is 2.23. The van der Waals surface area contributed by atoms with Gasteiger partial charge in [-0.25, -0.2) is 0 Å². The van der Waals surface area contributed by atoms with Gasteiger partial charge in [-0.1, -0.05) is 19.1 Å². The number of ether oxygens (including phenoxy) is 1. The van der Waals surface area contributed by atoms with Crippen LogP contribution in [0.1, 0.15) is 36.3 Å². The molecule has 2 aromatic carbocycles. The Morgan fingerprint density at radius 2 is 1.96 bits per heavy atom. The van der Waals surface area contributed by atoms with Gasteiger partial charge >= 0.3 is 0 Å². The number of amides is 1. The summed E-state index contributed by atoms with van der Waals surface area (Å²) in [5.74, 6) is 0.542. The van der Waals surface area contributed by atoms with Crippen LogP contribution in [0.2, 0.25) is 0 Å². The SMILES string of the molecule is CC[C@@H](C)Oc1cccc(C(=O)Nc2cccc3nc(C)ccc23)c1. The van der Waals surface area contributed by atoms with E-state index in [0.717, 1.165) is 28.7 Å². The van der Waals surface area contributed by atoms with E-state index in [2.05, 4.69) is 17.2 Å². The quantitative estimate of drug-likeness (QED) is 0.716. The summed E-state index contributed by atoms with van der Waals surface area (Å²) in [6, 6.07) is 16.9. The van der Waals surface area contributed by atoms with Crippen LogP contribution in [0.25, 0.3) is 10.9 Å². The van der Waals surface area contributed by atoms with E-state index in [-0.39, 0.29) is 12.0 Å². The van der Waals surface area contributed by atoms with Crippen LogP contribution in [0, 0.1) is 6.92 Å². The third kappa shape index (κ3) is 3.97. The smallest absolute Gasteiger partial charge is 0.255 e. The molecule has 0 radical (unpaired) electrons. The highest BCUT2D eigenvalue weighted by molar-refractivity contribution is 6.08. The summed E-state index contributed by atoms with van der Waals surface area (Å²) in [5, 5.41) is 3.91. The number of carbonyl (C=O) groups is 1. The molecule has 4 heteroatoms. The van der Waals surface area contributed by atoms with Gasteiger partial charge in [-0.05, 0) is 62.7 Å². The molecule has 1 atom stereocenters. The van der Waals surface area contributed by atoms with Gasteiger partial charge in [0.15, 0.2) is 0 Å². The maximum atomic E-state index is 12.6. The minimum absolute atomic E-state index is 0.116. The Bertz CT molecular complexity index is 905. The first-order chi connectivity index (χ1) is 12.1. The van der Waals surface area contributed by atoms with Crippen LogP contribution in [0.4, 0.5) is 5.69 Å². The van der Waals surface area contributed by atoms with Crippen LogP contribution >= 0.6 is 0 Å². The lowest BCUT2D eigenvalue weighted by molar-refractivity contribution is 0.102. The van der Waals surface area contributed by atoms with Crippen molar-refractivity contribution in [2.24, 2.45) is 0 Å². The standard InChI is InChI=1S/C21H22N2O2/c1-4-15(3)25-17-8-5-7-16(13-17)21(24)23-20-10-6-9-19-18(20)12-11-14(2)22-19/h5-13,15H,4H2,1-3H3,(H,23,24)/t15-/m1/s1. The van der Waals surface area contributed by atoms with Crippen molar-refractivity contribution in [3.8, 4) is 5.75 Å². The average molecular weight is 334 g/mol. The van der Waals surface area contributed by atoms with Crippen molar-refractivity contribution in [3.63, 3.8) is 0 Å². The Hall–Kier alpha value is -2.88. The molecule has 0 spiro atoms. The fourth-order valence-corrected chi connectivity index (χ4v) is 2.59. The van der Waals surface area contributed by atoms with Gasteiger partial charge in [0.1, 0.15) is 5.75 Å². The highest BCUT2D eigenvalue weighted by atomic mass is 16.5. The van der Waals surface area contributed by atoms with Crippen molar-refractivity contribution < 1.29 is 9.53 Å². The molecular weight excluding hydrogens is 312 g/mol. The average Bonchev–Trinajstić information content (AvgIpc) is 2.61. The lowest BCUT2D eigenvalue weighted by atomic mass is 10.1. The van der Waals surface area contributed by atoms with Gasteiger partial charge < -0.3 is 10.1 Å². The molecule has 0 saturated carbocycles. The largest absolute Gasteiger partial charge is 0.491 e. The molecule has 0 aliphatic rings. The minimum Gasteiger partial charge on any atom is -0.491 e. The summed E-state index contributed by atoms with van der Waals surface area (Å²) in [7, 11) is 0. The van der Waals surface area contributed by atoms with Crippen molar-refractivity contribution in [2.45, 2.75) is 33.3 Å². The minimum atomic E-state index is -0.164. The third-order valence-corrected chi connectivity index (χ3v) is 4.13. The van der Waals surface area contributed by atoms with Crippen molar-refractivity contribution in [1.82, 2.24) is 4.98 Å². The number of pyridine rings is 1. The molecule has 3 rings (SSSR count). The molecule has 1 N–H and O–H groups in total. The Morgan fingerprint density at radius 1 is 1.16 bits per heavy atom. The molecule has 3 aromatic rings. The van der Waals surface area contributed by atoms with Crippen LogP contribution in [-0.2, 0) is 0 Å². The number of hydrogen-bond acceptors (Lipinski definition) is 3. The number of aryl methyl sites for hydroxylation is 1. The van der Waals surface area contributed by atoms with Gasteiger partial charge in [0.2, 0.25) is 0 Å². The Labute approximate surface area is 147 Å². The van der Waals surface area contributed by atoms with Crippen molar-refractivity contribution in [1.29, 1.82) is 0 Å². The Morgan fingerprint density at radius 3 is 2.76 bits per heavy atom. The molecule has 0 bridgehead atoms. The lowest BCUT2D eigenvalue weighted by Gasteiger charge is -2.13. The van der Waals surface area contributed by atoms with E-state index < -0.39 is 0 Å². The van der Waals surface area contributed by atoms with Crippen molar-refractivity contribution >= 4 is 22.5 Å². The van der Waals surface area contributed by atoms with Gasteiger partial charge in [0, 0.05) is 16.6 Å². The first kappa shape index (κ1) is 17.0. The zero-order chi connectivity index (χ0) is 17.8. The summed E-state index contributed by atoms with van der Waals surface area (Å²) in [6.45, 7) is 6.03. The van der Waals surface area contributed by atoms with E-state index in [0.29, 0.717) is 11.3 Å². The molecule has 1 amide bonds. The van der Waals surface area contributed by atoms with E-state index in [1.54, 1.807) is 12.1 Å². The van der Waals surface area contributed by atoms with Crippen molar-refractivity contribution in [2.75, 3.05) is 5.32 Å². The number of benzene rings is 2.